The lowest BCUT2D eigenvalue weighted by Crippen LogP contribution is -2.47. The van der Waals surface area contributed by atoms with E-state index in [-0.39, 0.29) is 11.8 Å². The van der Waals surface area contributed by atoms with Gasteiger partial charge in [0.2, 0.25) is 5.91 Å². The number of nitrogens with zero attached hydrogens (tertiary/aromatic N) is 3. The number of likely N-dealkylation sites (tertiary alicyclic amines) is 1. The van der Waals surface area contributed by atoms with E-state index in [2.05, 4.69) is 9.80 Å². The molecule has 0 spiro atoms. The van der Waals surface area contributed by atoms with Crippen LogP contribution in [-0.4, -0.2) is 67.3 Å². The third kappa shape index (κ3) is 8.20. The van der Waals surface area contributed by atoms with Gasteiger partial charge in [0.15, 0.2) is 0 Å². The van der Waals surface area contributed by atoms with Crippen molar-refractivity contribution in [3.8, 4) is 0 Å². The minimum absolute atomic E-state index is 0.114. The lowest BCUT2D eigenvalue weighted by molar-refractivity contribution is -0.137. The maximum absolute atomic E-state index is 13.0. The first kappa shape index (κ1) is 28.9. The summed E-state index contributed by atoms with van der Waals surface area (Å²) in [5, 5.41) is 0. The van der Waals surface area contributed by atoms with E-state index in [0.29, 0.717) is 17.9 Å². The zero-order valence-corrected chi connectivity index (χ0v) is 22.9. The molecule has 0 atom stereocenters. The Kier molecular flexibility index (Phi) is 10.1. The summed E-state index contributed by atoms with van der Waals surface area (Å²) in [6, 6.07) is 5.68. The van der Waals surface area contributed by atoms with Crippen LogP contribution in [0.4, 0.5) is 18.9 Å². The number of Topliss-reactive ketones (excluding diaryl/α,β-unsaturated/α-hetero) is 1. The van der Waals surface area contributed by atoms with E-state index in [1.807, 2.05) is 4.90 Å². The maximum atomic E-state index is 13.0. The molecule has 4 rings (SSSR count). The van der Waals surface area contributed by atoms with Gasteiger partial charge in [-0.05, 0) is 62.3 Å². The Morgan fingerprint density at radius 2 is 1.50 bits per heavy atom. The van der Waals surface area contributed by atoms with E-state index >= 15 is 0 Å². The van der Waals surface area contributed by atoms with Gasteiger partial charge in [0.25, 0.3) is 0 Å². The van der Waals surface area contributed by atoms with Crippen LogP contribution in [0.1, 0.15) is 76.7 Å². The van der Waals surface area contributed by atoms with E-state index in [4.69, 9.17) is 0 Å². The Labute approximate surface area is 225 Å². The molecule has 1 saturated carbocycles. The molecular weight excluding hydrogens is 491 g/mol. The molecule has 8 heteroatoms. The smallest absolute Gasteiger partial charge is 0.369 e. The fourth-order valence-corrected chi connectivity index (χ4v) is 6.57. The maximum Gasteiger partial charge on any atom is 0.416 e. The number of rotatable bonds is 9. The Bertz CT molecular complexity index is 914. The second-order valence-corrected chi connectivity index (χ2v) is 11.7. The molecule has 0 radical (unpaired) electrons. The van der Waals surface area contributed by atoms with Crippen molar-refractivity contribution >= 4 is 17.4 Å². The molecule has 212 valence electrons. The van der Waals surface area contributed by atoms with E-state index in [1.165, 1.54) is 44.2 Å². The molecule has 3 fully saturated rings. The number of alkyl halides is 3. The highest BCUT2D eigenvalue weighted by Crippen LogP contribution is 2.35. The Balaban J connectivity index is 1.07. The molecule has 0 aromatic heterocycles. The van der Waals surface area contributed by atoms with Gasteiger partial charge in [-0.2, -0.15) is 13.2 Å². The number of carbonyl (C=O) groups excluding carboxylic acids is 2. The molecule has 0 bridgehead atoms. The van der Waals surface area contributed by atoms with Crippen molar-refractivity contribution < 1.29 is 22.8 Å². The van der Waals surface area contributed by atoms with Crippen LogP contribution < -0.4 is 4.90 Å². The summed E-state index contributed by atoms with van der Waals surface area (Å²) in [5.41, 5.74) is 0.0870. The average molecular weight is 536 g/mol. The number of ketones is 1. The number of piperazine rings is 1. The van der Waals surface area contributed by atoms with Crippen molar-refractivity contribution in [1.29, 1.82) is 0 Å². The molecule has 1 amide bonds. The van der Waals surface area contributed by atoms with Crippen LogP contribution in [0.5, 0.6) is 0 Å². The standard InChI is InChI=1S/C30H44F3N3O2/c1-23(37)35-16-13-26(14-17-35)29(38)7-2-4-24-8-10-25(11-9-24)12-15-34-18-20-36(21-19-34)28-6-3-5-27(22-28)30(31,32)33/h3,5-6,22,24-26H,2,4,7-21H2,1H3. The highest BCUT2D eigenvalue weighted by molar-refractivity contribution is 5.81. The normalized spacial score (nSPS) is 24.0. The van der Waals surface area contributed by atoms with Gasteiger partial charge in [0, 0.05) is 64.2 Å². The number of piperidine rings is 1. The fourth-order valence-electron chi connectivity index (χ4n) is 6.57. The van der Waals surface area contributed by atoms with Crippen molar-refractivity contribution in [3.05, 3.63) is 29.8 Å². The number of hydrogen-bond donors (Lipinski definition) is 0. The first-order valence-electron chi connectivity index (χ1n) is 14.6. The van der Waals surface area contributed by atoms with E-state index in [0.717, 1.165) is 89.4 Å². The summed E-state index contributed by atoms with van der Waals surface area (Å²) < 4.78 is 39.1. The van der Waals surface area contributed by atoms with Crippen LogP contribution in [0.2, 0.25) is 0 Å². The molecule has 0 unspecified atom stereocenters. The van der Waals surface area contributed by atoms with Gasteiger partial charge >= 0.3 is 6.18 Å². The molecule has 0 N–H and O–H groups in total. The van der Waals surface area contributed by atoms with Crippen LogP contribution in [0, 0.1) is 17.8 Å². The number of benzene rings is 1. The predicted octanol–water partition coefficient (Wildman–Crippen LogP) is 6.02. The predicted molar refractivity (Wildman–Crippen MR) is 144 cm³/mol. The molecule has 1 aromatic rings. The number of halogens is 3. The average Bonchev–Trinajstić information content (AvgIpc) is 2.92. The van der Waals surface area contributed by atoms with E-state index in [1.54, 1.807) is 13.0 Å². The van der Waals surface area contributed by atoms with Crippen molar-refractivity contribution in [2.75, 3.05) is 50.7 Å². The minimum atomic E-state index is -4.30. The summed E-state index contributed by atoms with van der Waals surface area (Å²) in [6.45, 7) is 7.45. The molecule has 5 nitrogen and oxygen atoms in total. The lowest BCUT2D eigenvalue weighted by Gasteiger charge is -2.37. The molecular formula is C30H44F3N3O2. The number of amides is 1. The van der Waals surface area contributed by atoms with Crippen LogP contribution in [0.15, 0.2) is 24.3 Å². The first-order valence-corrected chi connectivity index (χ1v) is 14.6. The zero-order valence-electron chi connectivity index (χ0n) is 22.9. The Morgan fingerprint density at radius 1 is 0.868 bits per heavy atom. The van der Waals surface area contributed by atoms with E-state index in [9.17, 15) is 22.8 Å². The van der Waals surface area contributed by atoms with Crippen molar-refractivity contribution in [2.45, 2.75) is 77.3 Å². The molecule has 1 aliphatic carbocycles. The van der Waals surface area contributed by atoms with Crippen LogP contribution >= 0.6 is 0 Å². The highest BCUT2D eigenvalue weighted by Gasteiger charge is 2.31. The summed E-state index contributed by atoms with van der Waals surface area (Å²) in [4.78, 5) is 30.5. The molecule has 1 aromatic carbocycles. The topological polar surface area (TPSA) is 43.9 Å². The zero-order chi connectivity index (χ0) is 27.1. The summed E-state index contributed by atoms with van der Waals surface area (Å²) >= 11 is 0. The second-order valence-electron chi connectivity index (χ2n) is 11.7. The summed E-state index contributed by atoms with van der Waals surface area (Å²) in [6.07, 6.45) is 6.46. The fraction of sp³-hybridized carbons (Fsp3) is 0.733. The summed E-state index contributed by atoms with van der Waals surface area (Å²) in [5.74, 6) is 2.17. The molecule has 38 heavy (non-hydrogen) atoms. The third-order valence-corrected chi connectivity index (χ3v) is 9.16. The highest BCUT2D eigenvalue weighted by atomic mass is 19.4. The first-order chi connectivity index (χ1) is 18.2. The van der Waals surface area contributed by atoms with Gasteiger partial charge in [0.1, 0.15) is 5.78 Å². The van der Waals surface area contributed by atoms with E-state index < -0.39 is 11.7 Å². The van der Waals surface area contributed by atoms with Gasteiger partial charge in [-0.3, -0.25) is 14.5 Å². The molecule has 3 aliphatic rings. The number of anilines is 1. The van der Waals surface area contributed by atoms with Crippen molar-refractivity contribution in [1.82, 2.24) is 9.80 Å². The van der Waals surface area contributed by atoms with Gasteiger partial charge in [-0.1, -0.05) is 38.2 Å². The van der Waals surface area contributed by atoms with Gasteiger partial charge in [0.05, 0.1) is 5.56 Å². The third-order valence-electron chi connectivity index (χ3n) is 9.16. The van der Waals surface area contributed by atoms with Gasteiger partial charge in [-0.25, -0.2) is 0 Å². The van der Waals surface area contributed by atoms with Crippen LogP contribution in [-0.2, 0) is 15.8 Å². The number of carbonyl (C=O) groups is 2. The molecule has 2 aliphatic heterocycles. The van der Waals surface area contributed by atoms with Crippen LogP contribution in [0.25, 0.3) is 0 Å². The lowest BCUT2D eigenvalue weighted by atomic mass is 9.78. The van der Waals surface area contributed by atoms with Gasteiger partial charge < -0.3 is 9.80 Å². The number of hydrogen-bond acceptors (Lipinski definition) is 4. The van der Waals surface area contributed by atoms with Crippen molar-refractivity contribution in [3.63, 3.8) is 0 Å². The quantitative estimate of drug-likeness (QED) is 0.388. The molecule has 2 saturated heterocycles. The van der Waals surface area contributed by atoms with Crippen molar-refractivity contribution in [2.24, 2.45) is 17.8 Å². The second kappa shape index (κ2) is 13.3. The SMILES string of the molecule is CC(=O)N1CCC(C(=O)CCCC2CCC(CCN3CCN(c4cccc(C(F)(F)F)c4)CC3)CC2)CC1. The minimum Gasteiger partial charge on any atom is -0.369 e. The largest absolute Gasteiger partial charge is 0.416 e. The monoisotopic (exact) mass is 535 g/mol. The van der Waals surface area contributed by atoms with Crippen LogP contribution in [0.3, 0.4) is 0 Å². The summed E-state index contributed by atoms with van der Waals surface area (Å²) in [7, 11) is 0. The Hall–Kier alpha value is -2.09. The Morgan fingerprint density at radius 3 is 2.11 bits per heavy atom. The van der Waals surface area contributed by atoms with Gasteiger partial charge in [-0.15, -0.1) is 0 Å². The molecule has 2 heterocycles.